The molecule has 1 aliphatic rings. The van der Waals surface area contributed by atoms with E-state index in [1.807, 2.05) is 6.08 Å². The number of rotatable bonds is 3. The molecule has 0 aliphatic heterocycles. The fraction of sp³-hybridized carbons (Fsp3) is 0.818. The van der Waals surface area contributed by atoms with Crippen LogP contribution in [-0.2, 0) is 0 Å². The molecule has 0 radical (unpaired) electrons. The maximum atomic E-state index is 6.22. The van der Waals surface area contributed by atoms with Crippen molar-refractivity contribution >= 4 is 23.2 Å². The zero-order valence-electron chi connectivity index (χ0n) is 8.89. The van der Waals surface area contributed by atoms with Crippen LogP contribution in [0.5, 0.6) is 0 Å². The van der Waals surface area contributed by atoms with Gasteiger partial charge in [0.1, 0.15) is 0 Å². The summed E-state index contributed by atoms with van der Waals surface area (Å²) >= 11 is 11.7. The Morgan fingerprint density at radius 1 is 1.43 bits per heavy atom. The van der Waals surface area contributed by atoms with E-state index in [1.54, 1.807) is 5.54 Å². The van der Waals surface area contributed by atoms with Gasteiger partial charge >= 0.3 is 0 Å². The van der Waals surface area contributed by atoms with Crippen LogP contribution in [0.4, 0.5) is 0 Å². The van der Waals surface area contributed by atoms with Gasteiger partial charge in [-0.05, 0) is 24.7 Å². The molecular formula is C11H19Cl2N. The predicted molar refractivity (Wildman–Crippen MR) is 64.1 cm³/mol. The third-order valence-corrected chi connectivity index (χ3v) is 3.24. The van der Waals surface area contributed by atoms with Crippen LogP contribution >= 0.6 is 23.2 Å². The fourth-order valence-electron chi connectivity index (χ4n) is 2.26. The van der Waals surface area contributed by atoms with E-state index in [9.17, 15) is 0 Å². The highest BCUT2D eigenvalue weighted by Gasteiger charge is 2.32. The molecule has 82 valence electrons. The predicted octanol–water partition coefficient (Wildman–Crippen LogP) is 3.51. The van der Waals surface area contributed by atoms with Gasteiger partial charge in [0.05, 0.1) is 0 Å². The summed E-state index contributed by atoms with van der Waals surface area (Å²) in [5.74, 6) is 0. The maximum absolute atomic E-state index is 6.22. The summed E-state index contributed by atoms with van der Waals surface area (Å²) in [7, 11) is 0. The van der Waals surface area contributed by atoms with Crippen molar-refractivity contribution in [3.05, 3.63) is 11.6 Å². The Morgan fingerprint density at radius 2 is 2.14 bits per heavy atom. The Hall–Kier alpha value is 0.280. The molecule has 0 bridgehead atoms. The lowest BCUT2D eigenvalue weighted by molar-refractivity contribution is 0.205. The molecule has 0 aromatic heterocycles. The van der Waals surface area contributed by atoms with Crippen molar-refractivity contribution in [3.63, 3.8) is 0 Å². The number of hydrogen-bond acceptors (Lipinski definition) is 1. The van der Waals surface area contributed by atoms with Crippen LogP contribution in [0.3, 0.4) is 0 Å². The first-order chi connectivity index (χ1) is 6.53. The second-order valence-corrected chi connectivity index (χ2v) is 5.74. The van der Waals surface area contributed by atoms with Crippen molar-refractivity contribution in [3.8, 4) is 0 Å². The van der Waals surface area contributed by atoms with Gasteiger partial charge in [-0.3, -0.25) is 0 Å². The molecule has 2 atom stereocenters. The van der Waals surface area contributed by atoms with Crippen molar-refractivity contribution in [1.82, 2.24) is 5.32 Å². The van der Waals surface area contributed by atoms with Gasteiger partial charge in [-0.2, -0.15) is 0 Å². The van der Waals surface area contributed by atoms with Crippen LogP contribution < -0.4 is 5.32 Å². The van der Waals surface area contributed by atoms with Gasteiger partial charge < -0.3 is 5.32 Å². The number of halogens is 2. The second-order valence-electron chi connectivity index (χ2n) is 4.87. The average Bonchev–Trinajstić information content (AvgIpc) is 2.00. The highest BCUT2D eigenvalue weighted by Crippen LogP contribution is 2.37. The summed E-state index contributed by atoms with van der Waals surface area (Å²) in [5, 5.41) is 3.77. The molecule has 3 heteroatoms. The third kappa shape index (κ3) is 4.20. The van der Waals surface area contributed by atoms with Crippen molar-refractivity contribution in [2.45, 2.75) is 44.5 Å². The largest absolute Gasteiger partial charge is 0.310 e. The van der Waals surface area contributed by atoms with Gasteiger partial charge in [0.25, 0.3) is 0 Å². The Morgan fingerprint density at radius 3 is 2.71 bits per heavy atom. The van der Waals surface area contributed by atoms with Crippen LogP contribution in [0, 0.1) is 5.41 Å². The zero-order valence-corrected chi connectivity index (χ0v) is 10.4. The standard InChI is InChI=1S/C11H19Cl2N/c1-11(2)7-9(13)6-10(8-11)14-5-3-4-12/h3-4,9-10,14H,5-8H2,1-2H3/b4-3+. The molecule has 0 amide bonds. The summed E-state index contributed by atoms with van der Waals surface area (Å²) in [6, 6.07) is 0.536. The molecule has 0 aromatic rings. The van der Waals surface area contributed by atoms with Crippen LogP contribution in [0.15, 0.2) is 11.6 Å². The van der Waals surface area contributed by atoms with E-state index in [2.05, 4.69) is 19.2 Å². The number of alkyl halides is 1. The van der Waals surface area contributed by atoms with Gasteiger partial charge in [-0.25, -0.2) is 0 Å². The minimum atomic E-state index is 0.316. The van der Waals surface area contributed by atoms with Crippen LogP contribution in [0.1, 0.15) is 33.1 Å². The van der Waals surface area contributed by atoms with Gasteiger partial charge in [0.15, 0.2) is 0 Å². The second kappa shape index (κ2) is 5.39. The minimum absolute atomic E-state index is 0.316. The fourth-order valence-corrected chi connectivity index (χ4v) is 2.98. The first-order valence-electron chi connectivity index (χ1n) is 5.16. The first-order valence-corrected chi connectivity index (χ1v) is 6.03. The van der Waals surface area contributed by atoms with E-state index in [-0.39, 0.29) is 0 Å². The highest BCUT2D eigenvalue weighted by atomic mass is 35.5. The molecule has 1 fully saturated rings. The summed E-state index contributed by atoms with van der Waals surface area (Å²) in [6.45, 7) is 5.41. The van der Waals surface area contributed by atoms with Gasteiger partial charge in [-0.1, -0.05) is 31.5 Å². The molecule has 1 N–H and O–H groups in total. The molecule has 1 saturated carbocycles. The smallest absolute Gasteiger partial charge is 0.0356 e. The Kier molecular flexibility index (Phi) is 4.75. The number of nitrogens with one attached hydrogen (secondary N) is 1. The minimum Gasteiger partial charge on any atom is -0.310 e. The first kappa shape index (κ1) is 12.4. The molecule has 1 rings (SSSR count). The average molecular weight is 236 g/mol. The maximum Gasteiger partial charge on any atom is 0.0356 e. The highest BCUT2D eigenvalue weighted by molar-refractivity contribution is 6.25. The van der Waals surface area contributed by atoms with E-state index in [0.29, 0.717) is 16.8 Å². The summed E-state index contributed by atoms with van der Waals surface area (Å²) in [4.78, 5) is 0. The van der Waals surface area contributed by atoms with Crippen molar-refractivity contribution in [2.75, 3.05) is 6.54 Å². The Balaban J connectivity index is 2.38. The molecule has 1 nitrogen and oxygen atoms in total. The summed E-state index contributed by atoms with van der Waals surface area (Å²) in [6.07, 6.45) is 5.32. The summed E-state index contributed by atoms with van der Waals surface area (Å²) in [5.41, 5.74) is 1.92. The van der Waals surface area contributed by atoms with E-state index in [0.717, 1.165) is 19.4 Å². The van der Waals surface area contributed by atoms with Crippen LogP contribution in [-0.4, -0.2) is 18.0 Å². The number of hydrogen-bond donors (Lipinski definition) is 1. The van der Waals surface area contributed by atoms with Gasteiger partial charge in [-0.15, -0.1) is 11.6 Å². The molecule has 0 spiro atoms. The van der Waals surface area contributed by atoms with Gasteiger partial charge in [0, 0.05) is 23.5 Å². The molecule has 1 aliphatic carbocycles. The molecular weight excluding hydrogens is 217 g/mol. The van der Waals surface area contributed by atoms with Crippen molar-refractivity contribution in [2.24, 2.45) is 5.41 Å². The van der Waals surface area contributed by atoms with Gasteiger partial charge in [0.2, 0.25) is 0 Å². The molecule has 0 heterocycles. The van der Waals surface area contributed by atoms with E-state index in [4.69, 9.17) is 23.2 Å². The Labute approximate surface area is 96.8 Å². The van der Waals surface area contributed by atoms with E-state index < -0.39 is 0 Å². The summed E-state index contributed by atoms with van der Waals surface area (Å²) < 4.78 is 0. The molecule has 2 unspecified atom stereocenters. The van der Waals surface area contributed by atoms with Crippen LogP contribution in [0.2, 0.25) is 0 Å². The Bertz CT molecular complexity index is 201. The SMILES string of the molecule is CC1(C)CC(Cl)CC(NC/C=C/Cl)C1. The lowest BCUT2D eigenvalue weighted by Gasteiger charge is -2.38. The zero-order chi connectivity index (χ0) is 10.6. The lowest BCUT2D eigenvalue weighted by Crippen LogP contribution is -2.41. The quantitative estimate of drug-likeness (QED) is 0.739. The molecule has 0 saturated heterocycles. The topological polar surface area (TPSA) is 12.0 Å². The molecule has 14 heavy (non-hydrogen) atoms. The van der Waals surface area contributed by atoms with E-state index in [1.165, 1.54) is 6.42 Å². The van der Waals surface area contributed by atoms with E-state index >= 15 is 0 Å². The molecule has 0 aromatic carbocycles. The van der Waals surface area contributed by atoms with Crippen LogP contribution in [0.25, 0.3) is 0 Å². The monoisotopic (exact) mass is 235 g/mol. The normalized spacial score (nSPS) is 32.3. The van der Waals surface area contributed by atoms with Crippen molar-refractivity contribution in [1.29, 1.82) is 0 Å². The third-order valence-electron chi connectivity index (χ3n) is 2.73. The lowest BCUT2D eigenvalue weighted by atomic mass is 9.75. The van der Waals surface area contributed by atoms with Crippen molar-refractivity contribution < 1.29 is 0 Å².